The molecule has 0 spiro atoms. The third-order valence-corrected chi connectivity index (χ3v) is 2.47. The average molecular weight is 248 g/mol. The first-order chi connectivity index (χ1) is 8.44. The number of fused-ring (bicyclic) bond motifs is 1. The standard InChI is InChI=1S/C14H16O4/c1-14(2,16)8-11(15)5-3-10-4-6-12-13(7-10)18-9-17-12/h3-7,16H,8-9H2,1-2H3/b5-3+. The molecule has 0 amide bonds. The maximum atomic E-state index is 11.6. The summed E-state index contributed by atoms with van der Waals surface area (Å²) in [7, 11) is 0. The number of rotatable bonds is 4. The number of benzene rings is 1. The van der Waals surface area contributed by atoms with Gasteiger partial charge in [-0.05, 0) is 37.6 Å². The normalized spacial score (nSPS) is 14.2. The van der Waals surface area contributed by atoms with E-state index in [4.69, 9.17) is 9.47 Å². The molecule has 0 fully saturated rings. The van der Waals surface area contributed by atoms with E-state index in [0.717, 1.165) is 11.3 Å². The molecule has 1 aromatic rings. The van der Waals surface area contributed by atoms with Crippen LogP contribution in [-0.2, 0) is 4.79 Å². The molecule has 0 unspecified atom stereocenters. The van der Waals surface area contributed by atoms with Crippen LogP contribution in [0.4, 0.5) is 0 Å². The smallest absolute Gasteiger partial charge is 0.231 e. The summed E-state index contributed by atoms with van der Waals surface area (Å²) < 4.78 is 10.4. The number of carbonyl (C=O) groups is 1. The Labute approximate surface area is 106 Å². The van der Waals surface area contributed by atoms with Crippen LogP contribution >= 0.6 is 0 Å². The van der Waals surface area contributed by atoms with Crippen LogP contribution in [0.5, 0.6) is 11.5 Å². The van der Waals surface area contributed by atoms with Crippen LogP contribution in [0.1, 0.15) is 25.8 Å². The molecule has 0 radical (unpaired) electrons. The lowest BCUT2D eigenvalue weighted by Gasteiger charge is -2.13. The van der Waals surface area contributed by atoms with Gasteiger partial charge in [-0.3, -0.25) is 4.79 Å². The highest BCUT2D eigenvalue weighted by atomic mass is 16.7. The zero-order valence-corrected chi connectivity index (χ0v) is 10.5. The van der Waals surface area contributed by atoms with Gasteiger partial charge in [0.25, 0.3) is 0 Å². The van der Waals surface area contributed by atoms with Gasteiger partial charge in [-0.1, -0.05) is 12.1 Å². The minimum Gasteiger partial charge on any atom is -0.454 e. The van der Waals surface area contributed by atoms with Crippen LogP contribution in [0.2, 0.25) is 0 Å². The van der Waals surface area contributed by atoms with Crippen molar-refractivity contribution in [1.29, 1.82) is 0 Å². The summed E-state index contributed by atoms with van der Waals surface area (Å²) in [4.78, 5) is 11.6. The molecule has 0 aromatic heterocycles. The molecular formula is C14H16O4. The maximum absolute atomic E-state index is 11.6. The Bertz CT molecular complexity index is 483. The Balaban J connectivity index is 2.03. The van der Waals surface area contributed by atoms with Crippen LogP contribution in [0.25, 0.3) is 6.08 Å². The van der Waals surface area contributed by atoms with Gasteiger partial charge in [-0.25, -0.2) is 0 Å². The molecule has 1 heterocycles. The molecule has 1 aliphatic heterocycles. The highest BCUT2D eigenvalue weighted by molar-refractivity contribution is 5.94. The summed E-state index contributed by atoms with van der Waals surface area (Å²) in [6, 6.07) is 5.47. The number of aliphatic hydroxyl groups is 1. The predicted octanol–water partition coefficient (Wildman–Crippen LogP) is 2.16. The fourth-order valence-corrected chi connectivity index (χ4v) is 1.69. The summed E-state index contributed by atoms with van der Waals surface area (Å²) in [6.45, 7) is 3.46. The first-order valence-electron chi connectivity index (χ1n) is 5.77. The lowest BCUT2D eigenvalue weighted by molar-refractivity contribution is -0.118. The Morgan fingerprint density at radius 3 is 2.83 bits per heavy atom. The zero-order valence-electron chi connectivity index (χ0n) is 10.5. The van der Waals surface area contributed by atoms with Crippen molar-refractivity contribution in [2.24, 2.45) is 0 Å². The molecule has 0 aliphatic carbocycles. The lowest BCUT2D eigenvalue weighted by Crippen LogP contribution is -2.22. The van der Waals surface area contributed by atoms with Crippen LogP contribution in [0, 0.1) is 0 Å². The zero-order chi connectivity index (χ0) is 13.2. The SMILES string of the molecule is CC(C)(O)CC(=O)/C=C/c1ccc2c(c1)OCO2. The fraction of sp³-hybridized carbons (Fsp3) is 0.357. The minimum absolute atomic E-state index is 0.105. The Kier molecular flexibility index (Phi) is 3.39. The summed E-state index contributed by atoms with van der Waals surface area (Å²) in [5, 5.41) is 9.52. The monoisotopic (exact) mass is 248 g/mol. The maximum Gasteiger partial charge on any atom is 0.231 e. The van der Waals surface area contributed by atoms with Crippen LogP contribution < -0.4 is 9.47 Å². The molecular weight excluding hydrogens is 232 g/mol. The Morgan fingerprint density at radius 2 is 2.11 bits per heavy atom. The summed E-state index contributed by atoms with van der Waals surface area (Å²) in [6.07, 6.45) is 3.28. The van der Waals surface area contributed by atoms with E-state index in [1.54, 1.807) is 19.9 Å². The molecule has 1 aliphatic rings. The van der Waals surface area contributed by atoms with Crippen LogP contribution in [0.3, 0.4) is 0 Å². The summed E-state index contributed by atoms with van der Waals surface area (Å²) in [5.41, 5.74) is -0.112. The van der Waals surface area contributed by atoms with E-state index in [1.807, 2.05) is 18.2 Å². The van der Waals surface area contributed by atoms with Crippen molar-refractivity contribution >= 4 is 11.9 Å². The van der Waals surface area contributed by atoms with E-state index in [-0.39, 0.29) is 19.0 Å². The van der Waals surface area contributed by atoms with Crippen molar-refractivity contribution in [2.45, 2.75) is 25.9 Å². The predicted molar refractivity (Wildman–Crippen MR) is 67.5 cm³/mol. The summed E-state index contributed by atoms with van der Waals surface area (Å²) >= 11 is 0. The molecule has 1 aromatic carbocycles. The Hall–Kier alpha value is -1.81. The van der Waals surface area contributed by atoms with E-state index < -0.39 is 5.60 Å². The van der Waals surface area contributed by atoms with Crippen molar-refractivity contribution in [3.05, 3.63) is 29.8 Å². The van der Waals surface area contributed by atoms with Crippen LogP contribution in [-0.4, -0.2) is 23.3 Å². The van der Waals surface area contributed by atoms with Crippen molar-refractivity contribution < 1.29 is 19.4 Å². The molecule has 2 rings (SSSR count). The molecule has 96 valence electrons. The fourth-order valence-electron chi connectivity index (χ4n) is 1.69. The van der Waals surface area contributed by atoms with E-state index >= 15 is 0 Å². The van der Waals surface area contributed by atoms with Crippen molar-refractivity contribution in [3.8, 4) is 11.5 Å². The molecule has 0 atom stereocenters. The van der Waals surface area contributed by atoms with Gasteiger partial charge in [0.1, 0.15) is 0 Å². The van der Waals surface area contributed by atoms with Gasteiger partial charge < -0.3 is 14.6 Å². The minimum atomic E-state index is -0.976. The lowest BCUT2D eigenvalue weighted by atomic mass is 10.0. The molecule has 0 bridgehead atoms. The molecule has 0 saturated carbocycles. The molecule has 4 heteroatoms. The van der Waals surface area contributed by atoms with E-state index in [9.17, 15) is 9.90 Å². The highest BCUT2D eigenvalue weighted by Crippen LogP contribution is 2.32. The molecule has 18 heavy (non-hydrogen) atoms. The van der Waals surface area contributed by atoms with Crippen LogP contribution in [0.15, 0.2) is 24.3 Å². The van der Waals surface area contributed by atoms with E-state index in [2.05, 4.69) is 0 Å². The third kappa shape index (κ3) is 3.34. The quantitative estimate of drug-likeness (QED) is 0.829. The second-order valence-electron chi connectivity index (χ2n) is 4.90. The number of hydrogen-bond donors (Lipinski definition) is 1. The highest BCUT2D eigenvalue weighted by Gasteiger charge is 2.16. The van der Waals surface area contributed by atoms with Gasteiger partial charge in [0, 0.05) is 6.42 Å². The first-order valence-corrected chi connectivity index (χ1v) is 5.77. The van der Waals surface area contributed by atoms with E-state index in [1.165, 1.54) is 6.08 Å². The van der Waals surface area contributed by atoms with Gasteiger partial charge in [0.15, 0.2) is 17.3 Å². The van der Waals surface area contributed by atoms with Gasteiger partial charge in [-0.15, -0.1) is 0 Å². The third-order valence-electron chi connectivity index (χ3n) is 2.47. The average Bonchev–Trinajstić information content (AvgIpc) is 2.71. The van der Waals surface area contributed by atoms with Gasteiger partial charge >= 0.3 is 0 Å². The molecule has 0 saturated heterocycles. The Morgan fingerprint density at radius 1 is 1.39 bits per heavy atom. The van der Waals surface area contributed by atoms with Crippen molar-refractivity contribution in [1.82, 2.24) is 0 Å². The number of hydrogen-bond acceptors (Lipinski definition) is 4. The van der Waals surface area contributed by atoms with Crippen molar-refractivity contribution in [3.63, 3.8) is 0 Å². The number of ether oxygens (including phenoxy) is 2. The van der Waals surface area contributed by atoms with Gasteiger partial charge in [-0.2, -0.15) is 0 Å². The largest absolute Gasteiger partial charge is 0.454 e. The second kappa shape index (κ2) is 4.82. The van der Waals surface area contributed by atoms with Crippen molar-refractivity contribution in [2.75, 3.05) is 6.79 Å². The number of carbonyl (C=O) groups excluding carboxylic acids is 1. The van der Waals surface area contributed by atoms with Gasteiger partial charge in [0.2, 0.25) is 6.79 Å². The molecule has 1 N–H and O–H groups in total. The first kappa shape index (κ1) is 12.6. The summed E-state index contributed by atoms with van der Waals surface area (Å²) in [5.74, 6) is 1.29. The second-order valence-corrected chi connectivity index (χ2v) is 4.90. The molecule has 4 nitrogen and oxygen atoms in total. The van der Waals surface area contributed by atoms with E-state index in [0.29, 0.717) is 5.75 Å². The number of allylic oxidation sites excluding steroid dienone is 1. The topological polar surface area (TPSA) is 55.8 Å². The number of ketones is 1. The van der Waals surface area contributed by atoms with Gasteiger partial charge in [0.05, 0.1) is 5.60 Å².